The predicted octanol–water partition coefficient (Wildman–Crippen LogP) is 4.51. The maximum absolute atomic E-state index is 14.6. The zero-order chi connectivity index (χ0) is 21.3. The van der Waals surface area contributed by atoms with E-state index in [1.807, 2.05) is 30.3 Å². The van der Waals surface area contributed by atoms with Gasteiger partial charge in [-0.25, -0.2) is 8.78 Å². The Morgan fingerprint density at radius 1 is 0.933 bits per heavy atom. The van der Waals surface area contributed by atoms with Gasteiger partial charge >= 0.3 is 0 Å². The quantitative estimate of drug-likeness (QED) is 0.544. The van der Waals surface area contributed by atoms with Gasteiger partial charge in [0, 0.05) is 23.3 Å². The fourth-order valence-electron chi connectivity index (χ4n) is 3.57. The third kappa shape index (κ3) is 3.48. The van der Waals surface area contributed by atoms with Crippen molar-refractivity contribution in [3.8, 4) is 5.69 Å². The number of carbonyl (C=O) groups excluding carboxylic acids is 1. The molecule has 1 N–H and O–H groups in total. The minimum absolute atomic E-state index is 0.183. The predicted molar refractivity (Wildman–Crippen MR) is 112 cm³/mol. The van der Waals surface area contributed by atoms with E-state index in [9.17, 15) is 18.4 Å². The van der Waals surface area contributed by atoms with Gasteiger partial charge < -0.3 is 5.32 Å². The molecule has 0 aliphatic rings. The summed E-state index contributed by atoms with van der Waals surface area (Å²) in [4.78, 5) is 26.2. The van der Waals surface area contributed by atoms with Crippen molar-refractivity contribution >= 4 is 16.7 Å². The molecule has 0 atom stereocenters. The van der Waals surface area contributed by atoms with E-state index in [4.69, 9.17) is 0 Å². The van der Waals surface area contributed by atoms with Crippen molar-refractivity contribution in [2.45, 2.75) is 13.5 Å². The SMILES string of the molecule is Cc1c(C(=O)NCc2ccccc2)c2cccc(F)c2c(=O)n1-c1ccc(F)cc1. The van der Waals surface area contributed by atoms with Crippen LogP contribution in [-0.2, 0) is 6.54 Å². The number of pyridine rings is 1. The monoisotopic (exact) mass is 404 g/mol. The molecular weight excluding hydrogens is 386 g/mol. The van der Waals surface area contributed by atoms with Crippen LogP contribution in [0.1, 0.15) is 21.6 Å². The van der Waals surface area contributed by atoms with Crippen molar-refractivity contribution in [2.24, 2.45) is 0 Å². The van der Waals surface area contributed by atoms with Gasteiger partial charge in [0.1, 0.15) is 11.6 Å². The Morgan fingerprint density at radius 2 is 1.63 bits per heavy atom. The Labute approximate surface area is 171 Å². The highest BCUT2D eigenvalue weighted by molar-refractivity contribution is 6.08. The molecule has 1 aromatic heterocycles. The molecule has 0 radical (unpaired) electrons. The Morgan fingerprint density at radius 3 is 2.33 bits per heavy atom. The number of amides is 1. The number of aromatic nitrogens is 1. The van der Waals surface area contributed by atoms with Gasteiger partial charge in [0.05, 0.1) is 10.9 Å². The molecule has 0 aliphatic carbocycles. The molecule has 1 amide bonds. The van der Waals surface area contributed by atoms with Gasteiger partial charge in [-0.1, -0.05) is 42.5 Å². The van der Waals surface area contributed by atoms with Crippen LogP contribution in [0.4, 0.5) is 8.78 Å². The van der Waals surface area contributed by atoms with Crippen molar-refractivity contribution in [3.05, 3.63) is 112 Å². The van der Waals surface area contributed by atoms with Crippen molar-refractivity contribution in [1.29, 1.82) is 0 Å². The van der Waals surface area contributed by atoms with Crippen molar-refractivity contribution in [3.63, 3.8) is 0 Å². The normalized spacial score (nSPS) is 10.9. The summed E-state index contributed by atoms with van der Waals surface area (Å²) in [5.41, 5.74) is 1.19. The summed E-state index contributed by atoms with van der Waals surface area (Å²) < 4.78 is 29.2. The van der Waals surface area contributed by atoms with Crippen LogP contribution in [0.15, 0.2) is 77.6 Å². The molecule has 0 bridgehead atoms. The van der Waals surface area contributed by atoms with Crippen molar-refractivity contribution in [1.82, 2.24) is 9.88 Å². The Balaban J connectivity index is 1.90. The Kier molecular flexibility index (Phi) is 5.14. The third-order valence-electron chi connectivity index (χ3n) is 5.00. The maximum atomic E-state index is 14.6. The van der Waals surface area contributed by atoms with E-state index >= 15 is 0 Å². The Bertz CT molecular complexity index is 1300. The average Bonchev–Trinajstić information content (AvgIpc) is 2.74. The highest BCUT2D eigenvalue weighted by Crippen LogP contribution is 2.24. The lowest BCUT2D eigenvalue weighted by molar-refractivity contribution is 0.0951. The van der Waals surface area contributed by atoms with Gasteiger partial charge in [-0.2, -0.15) is 0 Å². The van der Waals surface area contributed by atoms with Gasteiger partial charge in [-0.3, -0.25) is 14.2 Å². The summed E-state index contributed by atoms with van der Waals surface area (Å²) in [6.07, 6.45) is 0. The van der Waals surface area contributed by atoms with Gasteiger partial charge in [0.25, 0.3) is 11.5 Å². The topological polar surface area (TPSA) is 51.1 Å². The summed E-state index contributed by atoms with van der Waals surface area (Å²) in [5, 5.41) is 2.89. The van der Waals surface area contributed by atoms with E-state index in [1.165, 1.54) is 41.0 Å². The second-order valence-electron chi connectivity index (χ2n) is 6.91. The van der Waals surface area contributed by atoms with E-state index in [0.29, 0.717) is 11.4 Å². The largest absolute Gasteiger partial charge is 0.348 e. The highest BCUT2D eigenvalue weighted by atomic mass is 19.1. The van der Waals surface area contributed by atoms with E-state index in [2.05, 4.69) is 5.32 Å². The molecule has 0 saturated carbocycles. The molecular formula is C24H18F2N2O2. The molecule has 30 heavy (non-hydrogen) atoms. The van der Waals surface area contributed by atoms with Gasteiger partial charge in [0.15, 0.2) is 0 Å². The summed E-state index contributed by atoms with van der Waals surface area (Å²) >= 11 is 0. The standard InChI is InChI=1S/C24H18F2N2O2/c1-15-21(23(29)27-14-16-6-3-2-4-7-16)19-8-5-9-20(26)22(19)24(30)28(15)18-12-10-17(25)11-13-18/h2-13H,14H2,1H3,(H,27,29). The first kappa shape index (κ1) is 19.5. The van der Waals surface area contributed by atoms with Gasteiger partial charge in [-0.05, 0) is 42.8 Å². The highest BCUT2D eigenvalue weighted by Gasteiger charge is 2.22. The molecule has 0 saturated heterocycles. The second kappa shape index (κ2) is 7.91. The third-order valence-corrected chi connectivity index (χ3v) is 5.00. The number of fused-ring (bicyclic) bond motifs is 1. The summed E-state index contributed by atoms with van der Waals surface area (Å²) in [5.74, 6) is -1.61. The number of nitrogens with zero attached hydrogens (tertiary/aromatic N) is 1. The van der Waals surface area contributed by atoms with Crippen LogP contribution in [0.3, 0.4) is 0 Å². The first-order valence-electron chi connectivity index (χ1n) is 9.39. The number of hydrogen-bond donors (Lipinski definition) is 1. The molecule has 0 fully saturated rings. The second-order valence-corrected chi connectivity index (χ2v) is 6.91. The fraction of sp³-hybridized carbons (Fsp3) is 0.0833. The van der Waals surface area contributed by atoms with Crippen LogP contribution in [0.5, 0.6) is 0 Å². The molecule has 4 nitrogen and oxygen atoms in total. The van der Waals surface area contributed by atoms with Crippen LogP contribution < -0.4 is 10.9 Å². The number of halogens is 2. The fourth-order valence-corrected chi connectivity index (χ4v) is 3.57. The first-order valence-corrected chi connectivity index (χ1v) is 9.39. The van der Waals surface area contributed by atoms with Gasteiger partial charge in [-0.15, -0.1) is 0 Å². The van der Waals surface area contributed by atoms with E-state index in [0.717, 1.165) is 5.56 Å². The summed E-state index contributed by atoms with van der Waals surface area (Å²) in [6.45, 7) is 1.90. The lowest BCUT2D eigenvalue weighted by Crippen LogP contribution is -2.30. The molecule has 150 valence electrons. The number of carbonyl (C=O) groups is 1. The number of hydrogen-bond acceptors (Lipinski definition) is 2. The molecule has 4 rings (SSSR count). The van der Waals surface area contributed by atoms with Crippen molar-refractivity contribution < 1.29 is 13.6 Å². The van der Waals surface area contributed by atoms with E-state index < -0.39 is 23.1 Å². The van der Waals surface area contributed by atoms with Crippen LogP contribution in [0.25, 0.3) is 16.5 Å². The first-order chi connectivity index (χ1) is 14.5. The lowest BCUT2D eigenvalue weighted by atomic mass is 10.0. The smallest absolute Gasteiger partial charge is 0.266 e. The number of nitrogens with one attached hydrogen (secondary N) is 1. The molecule has 3 aromatic carbocycles. The molecule has 6 heteroatoms. The van der Waals surface area contributed by atoms with E-state index in [-0.39, 0.29) is 22.9 Å². The summed E-state index contributed by atoms with van der Waals surface area (Å²) in [6, 6.07) is 18.8. The number of rotatable bonds is 4. The Hall–Kier alpha value is -3.80. The molecule has 0 spiro atoms. The molecule has 0 unspecified atom stereocenters. The van der Waals surface area contributed by atoms with Crippen molar-refractivity contribution in [2.75, 3.05) is 0 Å². The van der Waals surface area contributed by atoms with Crippen LogP contribution >= 0.6 is 0 Å². The average molecular weight is 404 g/mol. The zero-order valence-corrected chi connectivity index (χ0v) is 16.2. The van der Waals surface area contributed by atoms with Crippen LogP contribution in [-0.4, -0.2) is 10.5 Å². The summed E-state index contributed by atoms with van der Waals surface area (Å²) in [7, 11) is 0. The minimum atomic E-state index is -0.717. The van der Waals surface area contributed by atoms with Crippen LogP contribution in [0, 0.1) is 18.6 Å². The van der Waals surface area contributed by atoms with Crippen LogP contribution in [0.2, 0.25) is 0 Å². The minimum Gasteiger partial charge on any atom is -0.348 e. The molecule has 0 aliphatic heterocycles. The number of benzene rings is 3. The van der Waals surface area contributed by atoms with Gasteiger partial charge in [0.2, 0.25) is 0 Å². The van der Waals surface area contributed by atoms with E-state index in [1.54, 1.807) is 13.0 Å². The zero-order valence-electron chi connectivity index (χ0n) is 16.2. The molecule has 4 aromatic rings. The molecule has 1 heterocycles. The maximum Gasteiger partial charge on any atom is 0.266 e. The lowest BCUT2D eigenvalue weighted by Gasteiger charge is -2.17.